The minimum absolute atomic E-state index is 0.312. The Morgan fingerprint density at radius 3 is 2.04 bits per heavy atom. The Hall–Kier alpha value is -3.53. The molecular formula is C23H19NO3. The van der Waals surface area contributed by atoms with Crippen LogP contribution in [0.3, 0.4) is 0 Å². The van der Waals surface area contributed by atoms with Crippen molar-refractivity contribution in [3.05, 3.63) is 95.7 Å². The number of rotatable bonds is 3. The first kappa shape index (κ1) is 16.9. The molecule has 4 heteroatoms. The van der Waals surface area contributed by atoms with Crippen LogP contribution in [0.5, 0.6) is 5.75 Å². The normalized spacial score (nSPS) is 13.3. The van der Waals surface area contributed by atoms with Gasteiger partial charge in [-0.1, -0.05) is 48.5 Å². The Kier molecular flexibility index (Phi) is 4.38. The molecule has 1 aliphatic rings. The number of ether oxygens (including phenoxy) is 1. The first-order valence-corrected chi connectivity index (χ1v) is 8.73. The van der Waals surface area contributed by atoms with Gasteiger partial charge in [-0.2, -0.15) is 0 Å². The molecule has 0 saturated carbocycles. The second-order valence-corrected chi connectivity index (χ2v) is 6.42. The molecule has 0 unspecified atom stereocenters. The number of para-hydroxylation sites is 2. The number of benzene rings is 3. The molecule has 0 saturated heterocycles. The van der Waals surface area contributed by atoms with Crippen LogP contribution < -0.4 is 9.64 Å². The number of carbonyl (C=O) groups is 1. The third-order valence-electron chi connectivity index (χ3n) is 4.82. The molecule has 0 spiro atoms. The lowest BCUT2D eigenvalue weighted by molar-refractivity contribution is -0.135. The molecule has 0 amide bonds. The van der Waals surface area contributed by atoms with Crippen LogP contribution in [-0.4, -0.2) is 18.1 Å². The van der Waals surface area contributed by atoms with Crippen molar-refractivity contribution >= 4 is 23.4 Å². The lowest BCUT2D eigenvalue weighted by atomic mass is 9.85. The first-order valence-electron chi connectivity index (χ1n) is 8.73. The molecule has 4 nitrogen and oxygen atoms in total. The molecular weight excluding hydrogens is 338 g/mol. The molecule has 0 aliphatic carbocycles. The quantitative estimate of drug-likeness (QED) is 0.406. The zero-order chi connectivity index (χ0) is 18.8. The van der Waals surface area contributed by atoms with Crippen molar-refractivity contribution in [1.29, 1.82) is 0 Å². The van der Waals surface area contributed by atoms with Crippen LogP contribution in [0.4, 0.5) is 11.4 Å². The summed E-state index contributed by atoms with van der Waals surface area (Å²) in [6.07, 6.45) is 2.54. The zero-order valence-electron chi connectivity index (χ0n) is 14.9. The summed E-state index contributed by atoms with van der Waals surface area (Å²) in [6.45, 7) is 0. The lowest BCUT2D eigenvalue weighted by Crippen LogP contribution is -2.28. The number of esters is 1. The number of fused-ring (bicyclic) bond motifs is 2. The Morgan fingerprint density at radius 2 is 1.48 bits per heavy atom. The van der Waals surface area contributed by atoms with Gasteiger partial charge in [0.1, 0.15) is 11.7 Å². The molecule has 0 fully saturated rings. The highest BCUT2D eigenvalue weighted by molar-refractivity contribution is 5.92. The van der Waals surface area contributed by atoms with Crippen LogP contribution in [0.15, 0.2) is 79.1 Å². The molecule has 4 rings (SSSR count). The molecule has 3 aromatic carbocycles. The highest BCUT2D eigenvalue weighted by Gasteiger charge is 2.34. The van der Waals surface area contributed by atoms with Crippen LogP contribution in [0, 0.1) is 0 Å². The number of hydrogen-bond donors (Lipinski definition) is 1. The summed E-state index contributed by atoms with van der Waals surface area (Å²) in [4.78, 5) is 15.2. The third kappa shape index (κ3) is 3.06. The van der Waals surface area contributed by atoms with E-state index < -0.39 is 5.92 Å². The average Bonchev–Trinajstić information content (AvgIpc) is 2.70. The van der Waals surface area contributed by atoms with Crippen LogP contribution in [-0.2, 0) is 4.79 Å². The summed E-state index contributed by atoms with van der Waals surface area (Å²) >= 11 is 0. The van der Waals surface area contributed by atoms with E-state index in [1.165, 1.54) is 0 Å². The van der Waals surface area contributed by atoms with Gasteiger partial charge in [0.25, 0.3) is 0 Å². The van der Waals surface area contributed by atoms with Crippen LogP contribution in [0.1, 0.15) is 22.6 Å². The third-order valence-corrected chi connectivity index (χ3v) is 4.82. The standard InChI is InChI=1S/C23H19NO3/c1-24-20-8-4-2-6-18(20)22(19-7-3-5-9-21(19)24)23(26)27-17-12-10-16(11-13-17)14-15-25/h2-15,22,25H,1H3. The van der Waals surface area contributed by atoms with Gasteiger partial charge < -0.3 is 14.7 Å². The number of carbonyl (C=O) groups excluding carboxylic acids is 1. The van der Waals surface area contributed by atoms with Crippen molar-refractivity contribution in [3.8, 4) is 5.75 Å². The Balaban J connectivity index is 1.70. The van der Waals surface area contributed by atoms with Gasteiger partial charge in [0.2, 0.25) is 0 Å². The van der Waals surface area contributed by atoms with Gasteiger partial charge in [-0.05, 0) is 47.0 Å². The number of aliphatic hydroxyl groups excluding tert-OH is 1. The van der Waals surface area contributed by atoms with Gasteiger partial charge >= 0.3 is 5.97 Å². The molecule has 1 N–H and O–H groups in total. The van der Waals surface area contributed by atoms with Crippen molar-refractivity contribution in [3.63, 3.8) is 0 Å². The SMILES string of the molecule is CN1c2ccccc2C(C(=O)Oc2ccc(C=CO)cc2)c2ccccc21. The zero-order valence-corrected chi connectivity index (χ0v) is 14.9. The fourth-order valence-corrected chi connectivity index (χ4v) is 3.53. The molecule has 27 heavy (non-hydrogen) atoms. The van der Waals surface area contributed by atoms with Gasteiger partial charge in [-0.25, -0.2) is 0 Å². The van der Waals surface area contributed by atoms with E-state index in [1.807, 2.05) is 55.6 Å². The summed E-state index contributed by atoms with van der Waals surface area (Å²) in [5, 5.41) is 8.84. The second-order valence-electron chi connectivity index (χ2n) is 6.42. The molecule has 0 bridgehead atoms. The van der Waals surface area contributed by atoms with Gasteiger partial charge in [0.15, 0.2) is 0 Å². The number of hydrogen-bond acceptors (Lipinski definition) is 4. The summed E-state index contributed by atoms with van der Waals surface area (Å²) in [5.41, 5.74) is 4.70. The highest BCUT2D eigenvalue weighted by Crippen LogP contribution is 2.44. The average molecular weight is 357 g/mol. The first-order chi connectivity index (χ1) is 13.2. The van der Waals surface area contributed by atoms with Crippen molar-refractivity contribution in [2.45, 2.75) is 5.92 Å². The smallest absolute Gasteiger partial charge is 0.323 e. The van der Waals surface area contributed by atoms with E-state index in [-0.39, 0.29) is 5.97 Å². The van der Waals surface area contributed by atoms with Crippen LogP contribution in [0.2, 0.25) is 0 Å². The van der Waals surface area contributed by atoms with Crippen LogP contribution in [0.25, 0.3) is 6.08 Å². The van der Waals surface area contributed by atoms with E-state index >= 15 is 0 Å². The minimum atomic E-state index is -0.481. The Bertz CT molecular complexity index is 961. The van der Waals surface area contributed by atoms with Gasteiger partial charge in [0, 0.05) is 18.4 Å². The summed E-state index contributed by atoms with van der Waals surface area (Å²) in [7, 11) is 2.01. The summed E-state index contributed by atoms with van der Waals surface area (Å²) in [6, 6.07) is 22.8. The van der Waals surface area contributed by atoms with Crippen LogP contribution >= 0.6 is 0 Å². The highest BCUT2D eigenvalue weighted by atomic mass is 16.5. The van der Waals surface area contributed by atoms with E-state index in [0.717, 1.165) is 34.3 Å². The summed E-state index contributed by atoms with van der Waals surface area (Å²) in [5.74, 6) is -0.317. The van der Waals surface area contributed by atoms with Crippen molar-refractivity contribution in [2.24, 2.45) is 0 Å². The molecule has 0 atom stereocenters. The van der Waals surface area contributed by atoms with E-state index in [4.69, 9.17) is 9.84 Å². The van der Waals surface area contributed by atoms with E-state index in [1.54, 1.807) is 30.3 Å². The fourth-order valence-electron chi connectivity index (χ4n) is 3.53. The predicted octanol–water partition coefficient (Wildman–Crippen LogP) is 5.03. The molecule has 134 valence electrons. The number of anilines is 2. The Morgan fingerprint density at radius 1 is 0.926 bits per heavy atom. The van der Waals surface area contributed by atoms with E-state index in [2.05, 4.69) is 4.90 Å². The molecule has 1 aliphatic heterocycles. The van der Waals surface area contributed by atoms with Crippen molar-refractivity contribution in [2.75, 3.05) is 11.9 Å². The maximum absolute atomic E-state index is 13.1. The topological polar surface area (TPSA) is 49.8 Å². The van der Waals surface area contributed by atoms with Gasteiger partial charge in [-0.3, -0.25) is 4.79 Å². The van der Waals surface area contributed by atoms with E-state index in [9.17, 15) is 4.79 Å². The fraction of sp³-hybridized carbons (Fsp3) is 0.0870. The molecule has 1 heterocycles. The number of aliphatic hydroxyl groups is 1. The molecule has 0 radical (unpaired) electrons. The largest absolute Gasteiger partial charge is 0.516 e. The second kappa shape index (κ2) is 7.00. The van der Waals surface area contributed by atoms with Crippen molar-refractivity contribution < 1.29 is 14.6 Å². The molecule has 3 aromatic rings. The Labute approximate surface area is 158 Å². The number of nitrogens with zero attached hydrogens (tertiary/aromatic N) is 1. The maximum Gasteiger partial charge on any atom is 0.323 e. The van der Waals surface area contributed by atoms with Gasteiger partial charge in [0.05, 0.1) is 6.26 Å². The maximum atomic E-state index is 13.1. The monoisotopic (exact) mass is 357 g/mol. The minimum Gasteiger partial charge on any atom is -0.516 e. The summed E-state index contributed by atoms with van der Waals surface area (Å²) < 4.78 is 5.69. The van der Waals surface area contributed by atoms with Crippen molar-refractivity contribution in [1.82, 2.24) is 0 Å². The molecule has 0 aromatic heterocycles. The van der Waals surface area contributed by atoms with E-state index in [0.29, 0.717) is 5.75 Å². The lowest BCUT2D eigenvalue weighted by Gasteiger charge is -2.34. The van der Waals surface area contributed by atoms with Gasteiger partial charge in [-0.15, -0.1) is 0 Å². The predicted molar refractivity (Wildman–Crippen MR) is 107 cm³/mol.